The quantitative estimate of drug-likeness (QED) is 0.715. The first-order chi connectivity index (χ1) is 5.84. The zero-order chi connectivity index (χ0) is 8.39. The molecule has 3 heteroatoms. The normalized spacial score (nSPS) is 16.8. The Hall–Kier alpha value is -0.410. The van der Waals surface area contributed by atoms with Gasteiger partial charge in [-0.2, -0.15) is 0 Å². The summed E-state index contributed by atoms with van der Waals surface area (Å²) >= 11 is 1.69. The van der Waals surface area contributed by atoms with Crippen LogP contribution in [-0.2, 0) is 11.3 Å². The number of nitrogens with zero attached hydrogens (tertiary/aromatic N) is 1. The average molecular weight is 183 g/mol. The molecule has 0 unspecified atom stereocenters. The largest absolute Gasteiger partial charge is 0.375 e. The molecule has 1 saturated carbocycles. The van der Waals surface area contributed by atoms with Gasteiger partial charge in [-0.1, -0.05) is 0 Å². The molecular weight excluding hydrogens is 170 g/mol. The highest BCUT2D eigenvalue weighted by Crippen LogP contribution is 2.29. The van der Waals surface area contributed by atoms with Gasteiger partial charge < -0.3 is 4.74 Å². The number of aromatic nitrogens is 1. The molecule has 2 rings (SSSR count). The Labute approximate surface area is 76.6 Å². The third-order valence-corrected chi connectivity index (χ3v) is 2.79. The lowest BCUT2D eigenvalue weighted by Crippen LogP contribution is -1.96. The van der Waals surface area contributed by atoms with Crippen LogP contribution in [0.25, 0.3) is 0 Å². The van der Waals surface area contributed by atoms with E-state index >= 15 is 0 Å². The predicted octanol–water partition coefficient (Wildman–Crippen LogP) is 2.38. The van der Waals surface area contributed by atoms with Crippen molar-refractivity contribution < 1.29 is 4.74 Å². The fourth-order valence-corrected chi connectivity index (χ4v) is 1.69. The Morgan fingerprint density at radius 2 is 2.50 bits per heavy atom. The van der Waals surface area contributed by atoms with Gasteiger partial charge in [0.25, 0.3) is 0 Å². The molecule has 1 aliphatic carbocycles. The van der Waals surface area contributed by atoms with Crippen molar-refractivity contribution >= 4 is 11.3 Å². The van der Waals surface area contributed by atoms with E-state index in [1.165, 1.54) is 12.8 Å². The summed E-state index contributed by atoms with van der Waals surface area (Å²) in [5, 5.41) is 3.20. The highest BCUT2D eigenvalue weighted by Gasteiger charge is 2.21. The molecule has 0 bridgehead atoms. The summed E-state index contributed by atoms with van der Waals surface area (Å²) < 4.78 is 5.50. The van der Waals surface area contributed by atoms with Crippen LogP contribution in [-0.4, -0.2) is 11.6 Å². The van der Waals surface area contributed by atoms with E-state index in [-0.39, 0.29) is 0 Å². The molecule has 1 aliphatic rings. The molecule has 66 valence electrons. The number of hydrogen-bond acceptors (Lipinski definition) is 3. The van der Waals surface area contributed by atoms with Crippen LogP contribution in [0, 0.1) is 12.8 Å². The van der Waals surface area contributed by atoms with Gasteiger partial charge in [-0.3, -0.25) is 0 Å². The molecule has 12 heavy (non-hydrogen) atoms. The van der Waals surface area contributed by atoms with Gasteiger partial charge in [-0.15, -0.1) is 11.3 Å². The second kappa shape index (κ2) is 3.54. The molecule has 0 aliphatic heterocycles. The van der Waals surface area contributed by atoms with E-state index in [1.807, 2.05) is 6.92 Å². The molecule has 0 saturated heterocycles. The van der Waals surface area contributed by atoms with Crippen LogP contribution in [0.2, 0.25) is 0 Å². The van der Waals surface area contributed by atoms with E-state index in [0.717, 1.165) is 23.2 Å². The Morgan fingerprint density at radius 3 is 3.08 bits per heavy atom. The highest BCUT2D eigenvalue weighted by molar-refractivity contribution is 7.09. The minimum absolute atomic E-state index is 0.695. The summed E-state index contributed by atoms with van der Waals surface area (Å²) in [7, 11) is 0. The smallest absolute Gasteiger partial charge is 0.0898 e. The molecule has 0 radical (unpaired) electrons. The number of ether oxygens (including phenoxy) is 1. The fourth-order valence-electron chi connectivity index (χ4n) is 1.09. The number of rotatable bonds is 4. The molecule has 2 nitrogen and oxygen atoms in total. The molecule has 0 N–H and O–H groups in total. The summed E-state index contributed by atoms with van der Waals surface area (Å²) in [5.74, 6) is 0.852. The third-order valence-electron chi connectivity index (χ3n) is 1.97. The lowest BCUT2D eigenvalue weighted by molar-refractivity contribution is 0.109. The van der Waals surface area contributed by atoms with E-state index in [4.69, 9.17) is 4.74 Å². The summed E-state index contributed by atoms with van der Waals surface area (Å²) in [6.45, 7) is 3.65. The predicted molar refractivity (Wildman–Crippen MR) is 49.2 cm³/mol. The van der Waals surface area contributed by atoms with E-state index < -0.39 is 0 Å². The maximum absolute atomic E-state index is 5.50. The van der Waals surface area contributed by atoms with Crippen molar-refractivity contribution in [3.63, 3.8) is 0 Å². The minimum atomic E-state index is 0.695. The number of thiazole rings is 1. The fraction of sp³-hybridized carbons (Fsp3) is 0.667. The summed E-state index contributed by atoms with van der Waals surface area (Å²) in [4.78, 5) is 4.32. The van der Waals surface area contributed by atoms with Gasteiger partial charge in [-0.25, -0.2) is 4.98 Å². The van der Waals surface area contributed by atoms with Gasteiger partial charge in [0, 0.05) is 12.0 Å². The molecule has 1 aromatic rings. The van der Waals surface area contributed by atoms with Crippen LogP contribution < -0.4 is 0 Å². The van der Waals surface area contributed by atoms with Gasteiger partial charge in [0.2, 0.25) is 0 Å². The molecule has 1 aromatic heterocycles. The Balaban J connectivity index is 1.71. The second-order valence-corrected chi connectivity index (χ2v) is 4.38. The summed E-state index contributed by atoms with van der Waals surface area (Å²) in [6.07, 6.45) is 2.71. The third kappa shape index (κ3) is 2.29. The standard InChI is InChI=1S/C9H13NOS/c1-7-10-9(6-12-7)5-11-4-8-2-3-8/h6,8H,2-5H2,1H3. The first-order valence-corrected chi connectivity index (χ1v) is 5.21. The monoisotopic (exact) mass is 183 g/mol. The van der Waals surface area contributed by atoms with Crippen molar-refractivity contribution in [3.05, 3.63) is 16.1 Å². The lowest BCUT2D eigenvalue weighted by Gasteiger charge is -1.98. The first-order valence-electron chi connectivity index (χ1n) is 4.33. The van der Waals surface area contributed by atoms with Crippen LogP contribution in [0.15, 0.2) is 5.38 Å². The van der Waals surface area contributed by atoms with Gasteiger partial charge in [-0.05, 0) is 25.7 Å². The summed E-state index contributed by atoms with van der Waals surface area (Å²) in [5.41, 5.74) is 1.08. The Kier molecular flexibility index (Phi) is 2.42. The Morgan fingerprint density at radius 1 is 1.67 bits per heavy atom. The average Bonchev–Trinajstić information content (AvgIpc) is 2.76. The molecule has 0 aromatic carbocycles. The molecule has 1 fully saturated rings. The van der Waals surface area contributed by atoms with E-state index in [2.05, 4.69) is 10.4 Å². The van der Waals surface area contributed by atoms with Gasteiger partial charge in [0.15, 0.2) is 0 Å². The van der Waals surface area contributed by atoms with Gasteiger partial charge >= 0.3 is 0 Å². The van der Waals surface area contributed by atoms with Crippen LogP contribution >= 0.6 is 11.3 Å². The lowest BCUT2D eigenvalue weighted by atomic mass is 10.4. The maximum atomic E-state index is 5.50. The van der Waals surface area contributed by atoms with Crippen LogP contribution in [0.5, 0.6) is 0 Å². The zero-order valence-electron chi connectivity index (χ0n) is 7.25. The molecule has 0 amide bonds. The first kappa shape index (κ1) is 8.20. The van der Waals surface area contributed by atoms with E-state index in [0.29, 0.717) is 6.61 Å². The van der Waals surface area contributed by atoms with E-state index in [9.17, 15) is 0 Å². The minimum Gasteiger partial charge on any atom is -0.375 e. The van der Waals surface area contributed by atoms with Crippen molar-refractivity contribution in [2.24, 2.45) is 5.92 Å². The van der Waals surface area contributed by atoms with Gasteiger partial charge in [0.05, 0.1) is 17.3 Å². The Bertz CT molecular complexity index is 255. The topological polar surface area (TPSA) is 22.1 Å². The van der Waals surface area contributed by atoms with E-state index in [1.54, 1.807) is 11.3 Å². The zero-order valence-corrected chi connectivity index (χ0v) is 8.06. The van der Waals surface area contributed by atoms with Crippen LogP contribution in [0.3, 0.4) is 0 Å². The highest BCUT2D eigenvalue weighted by atomic mass is 32.1. The van der Waals surface area contributed by atoms with Crippen LogP contribution in [0.4, 0.5) is 0 Å². The van der Waals surface area contributed by atoms with Crippen molar-refractivity contribution in [3.8, 4) is 0 Å². The van der Waals surface area contributed by atoms with Crippen molar-refractivity contribution in [1.82, 2.24) is 4.98 Å². The van der Waals surface area contributed by atoms with Crippen molar-refractivity contribution in [1.29, 1.82) is 0 Å². The SMILES string of the molecule is Cc1nc(COCC2CC2)cs1. The second-order valence-electron chi connectivity index (χ2n) is 3.32. The molecular formula is C9H13NOS. The molecule has 1 heterocycles. The van der Waals surface area contributed by atoms with Gasteiger partial charge in [0.1, 0.15) is 0 Å². The number of hydrogen-bond donors (Lipinski definition) is 0. The maximum Gasteiger partial charge on any atom is 0.0898 e. The van der Waals surface area contributed by atoms with Crippen molar-refractivity contribution in [2.45, 2.75) is 26.4 Å². The number of aryl methyl sites for hydroxylation is 1. The van der Waals surface area contributed by atoms with Crippen molar-refractivity contribution in [2.75, 3.05) is 6.61 Å². The molecule has 0 spiro atoms. The molecule has 0 atom stereocenters. The summed E-state index contributed by atoms with van der Waals surface area (Å²) in [6, 6.07) is 0. The van der Waals surface area contributed by atoms with Crippen LogP contribution in [0.1, 0.15) is 23.5 Å².